The molecule has 1 aromatic carbocycles. The summed E-state index contributed by atoms with van der Waals surface area (Å²) >= 11 is 0. The van der Waals surface area contributed by atoms with E-state index in [2.05, 4.69) is 19.7 Å². The van der Waals surface area contributed by atoms with E-state index in [1.54, 1.807) is 14.0 Å². The van der Waals surface area contributed by atoms with E-state index in [9.17, 15) is 23.3 Å². The molecule has 10 nitrogen and oxygen atoms in total. The summed E-state index contributed by atoms with van der Waals surface area (Å²) in [6.45, 7) is 1.76. The lowest BCUT2D eigenvalue weighted by Gasteiger charge is -2.12. The molecule has 0 radical (unpaired) electrons. The number of hydrogen-bond donors (Lipinski definition) is 0. The Morgan fingerprint density at radius 3 is 2.45 bits per heavy atom. The molecular formula is C18H16F3N5O5. The third kappa shape index (κ3) is 6.04. The highest BCUT2D eigenvalue weighted by Gasteiger charge is 2.31. The van der Waals surface area contributed by atoms with Crippen LogP contribution in [0.25, 0.3) is 11.3 Å². The number of alkyl halides is 3. The highest BCUT2D eigenvalue weighted by atomic mass is 19.4. The zero-order valence-electron chi connectivity index (χ0n) is 16.2. The summed E-state index contributed by atoms with van der Waals surface area (Å²) in [7, 11) is 1.56. The van der Waals surface area contributed by atoms with Crippen molar-refractivity contribution in [2.24, 2.45) is 7.05 Å². The zero-order chi connectivity index (χ0) is 22.6. The standard InChI is InChI=1S/C18H16F3N5O5/c1-11(30-17-24-15(26(27)28)9-25(17)2)10-29-16-8-22-14(7-23-16)12-3-5-13(6-4-12)31-18(19,20)21/h3-9,11H,10H2,1-2H3. The molecule has 1 atom stereocenters. The molecule has 0 saturated heterocycles. The van der Waals surface area contributed by atoms with E-state index in [4.69, 9.17) is 9.47 Å². The van der Waals surface area contributed by atoms with E-state index in [1.165, 1.54) is 47.4 Å². The van der Waals surface area contributed by atoms with E-state index in [0.717, 1.165) is 0 Å². The van der Waals surface area contributed by atoms with Crippen LogP contribution in [0.5, 0.6) is 17.6 Å². The molecule has 31 heavy (non-hydrogen) atoms. The molecule has 0 N–H and O–H groups in total. The van der Waals surface area contributed by atoms with Crippen LogP contribution >= 0.6 is 0 Å². The molecule has 0 fully saturated rings. The summed E-state index contributed by atoms with van der Waals surface area (Å²) in [5.74, 6) is -0.469. The number of aryl methyl sites for hydroxylation is 1. The zero-order valence-corrected chi connectivity index (χ0v) is 16.2. The van der Waals surface area contributed by atoms with E-state index in [-0.39, 0.29) is 30.1 Å². The molecule has 0 saturated carbocycles. The first kappa shape index (κ1) is 21.8. The maximum Gasteiger partial charge on any atom is 0.573 e. The molecule has 2 aromatic heterocycles. The summed E-state index contributed by atoms with van der Waals surface area (Å²) in [4.78, 5) is 22.2. The number of benzene rings is 1. The number of rotatable bonds is 8. The quantitative estimate of drug-likeness (QED) is 0.387. The molecule has 13 heteroatoms. The van der Waals surface area contributed by atoms with Gasteiger partial charge in [0, 0.05) is 17.6 Å². The number of hydrogen-bond acceptors (Lipinski definition) is 8. The Kier molecular flexibility index (Phi) is 6.22. The third-order valence-corrected chi connectivity index (χ3v) is 3.79. The second kappa shape index (κ2) is 8.85. The van der Waals surface area contributed by atoms with Crippen molar-refractivity contribution in [3.63, 3.8) is 0 Å². The Labute approximate surface area is 173 Å². The van der Waals surface area contributed by atoms with Crippen LogP contribution in [-0.4, -0.2) is 43.5 Å². The molecule has 0 amide bonds. The van der Waals surface area contributed by atoms with Crippen LogP contribution in [0.3, 0.4) is 0 Å². The summed E-state index contributed by atoms with van der Waals surface area (Å²) in [5.41, 5.74) is 0.970. The number of nitro groups is 1. The lowest BCUT2D eigenvalue weighted by Crippen LogP contribution is -2.22. The van der Waals surface area contributed by atoms with Gasteiger partial charge in [0.1, 0.15) is 24.7 Å². The average molecular weight is 439 g/mol. The predicted octanol–water partition coefficient (Wildman–Crippen LogP) is 3.53. The van der Waals surface area contributed by atoms with Gasteiger partial charge >= 0.3 is 18.2 Å². The molecule has 1 unspecified atom stereocenters. The van der Waals surface area contributed by atoms with E-state index in [0.29, 0.717) is 11.3 Å². The fraction of sp³-hybridized carbons (Fsp3) is 0.278. The fourth-order valence-electron chi connectivity index (χ4n) is 2.42. The first-order chi connectivity index (χ1) is 14.6. The van der Waals surface area contributed by atoms with E-state index in [1.807, 2.05) is 0 Å². The van der Waals surface area contributed by atoms with Crippen molar-refractivity contribution in [2.45, 2.75) is 19.4 Å². The van der Waals surface area contributed by atoms with Crippen molar-refractivity contribution in [2.75, 3.05) is 6.61 Å². The maximum atomic E-state index is 12.2. The minimum absolute atomic E-state index is 0.0676. The van der Waals surface area contributed by atoms with Crippen LogP contribution < -0.4 is 14.2 Å². The Morgan fingerprint density at radius 2 is 1.90 bits per heavy atom. The molecular weight excluding hydrogens is 423 g/mol. The monoisotopic (exact) mass is 439 g/mol. The van der Waals surface area contributed by atoms with Crippen LogP contribution in [0.2, 0.25) is 0 Å². The van der Waals surface area contributed by atoms with Crippen molar-refractivity contribution in [3.8, 4) is 28.9 Å². The van der Waals surface area contributed by atoms with Gasteiger partial charge in [-0.3, -0.25) is 4.57 Å². The lowest BCUT2D eigenvalue weighted by atomic mass is 10.1. The smallest absolute Gasteiger partial charge is 0.473 e. The summed E-state index contributed by atoms with van der Waals surface area (Å²) < 4.78 is 52.9. The van der Waals surface area contributed by atoms with Crippen molar-refractivity contribution >= 4 is 5.82 Å². The first-order valence-electron chi connectivity index (χ1n) is 8.76. The van der Waals surface area contributed by atoms with Gasteiger partial charge in [0.05, 0.1) is 18.1 Å². The summed E-state index contributed by atoms with van der Waals surface area (Å²) in [5, 5.41) is 10.7. The Balaban J connectivity index is 1.55. The van der Waals surface area contributed by atoms with Gasteiger partial charge in [-0.2, -0.15) is 0 Å². The molecule has 2 heterocycles. The predicted molar refractivity (Wildman–Crippen MR) is 99.6 cm³/mol. The van der Waals surface area contributed by atoms with Gasteiger partial charge in [-0.15, -0.1) is 13.2 Å². The average Bonchev–Trinajstić information content (AvgIpc) is 3.07. The minimum atomic E-state index is -4.76. The largest absolute Gasteiger partial charge is 0.573 e. The highest BCUT2D eigenvalue weighted by Crippen LogP contribution is 2.26. The molecule has 0 bridgehead atoms. The van der Waals surface area contributed by atoms with Gasteiger partial charge in [-0.25, -0.2) is 9.97 Å². The molecule has 3 aromatic rings. The number of halogens is 3. The minimum Gasteiger partial charge on any atom is -0.473 e. The van der Waals surface area contributed by atoms with Gasteiger partial charge in [-0.1, -0.05) is 0 Å². The Hall–Kier alpha value is -3.90. The van der Waals surface area contributed by atoms with E-state index < -0.39 is 17.4 Å². The molecule has 3 rings (SSSR count). The number of nitrogens with zero attached hydrogens (tertiary/aromatic N) is 5. The van der Waals surface area contributed by atoms with Crippen molar-refractivity contribution in [3.05, 3.63) is 53.0 Å². The summed E-state index contributed by atoms with van der Waals surface area (Å²) in [6.07, 6.45) is -1.26. The number of ether oxygens (including phenoxy) is 3. The van der Waals surface area contributed by atoms with Crippen LogP contribution in [0.4, 0.5) is 19.0 Å². The molecule has 0 aliphatic rings. The van der Waals surface area contributed by atoms with Crippen LogP contribution in [0.15, 0.2) is 42.9 Å². The van der Waals surface area contributed by atoms with Crippen molar-refractivity contribution in [1.29, 1.82) is 0 Å². The number of aromatic nitrogens is 4. The SMILES string of the molecule is CC(COc1cnc(-c2ccc(OC(F)(F)F)cc2)cn1)Oc1nc([N+](=O)[O-])cn1C. The second-order valence-electron chi connectivity index (χ2n) is 6.30. The van der Waals surface area contributed by atoms with Crippen LogP contribution in [0.1, 0.15) is 6.92 Å². The Morgan fingerprint density at radius 1 is 1.19 bits per heavy atom. The molecule has 164 valence electrons. The lowest BCUT2D eigenvalue weighted by molar-refractivity contribution is -0.389. The normalized spacial score (nSPS) is 12.3. The van der Waals surface area contributed by atoms with Gasteiger partial charge in [0.15, 0.2) is 0 Å². The second-order valence-corrected chi connectivity index (χ2v) is 6.30. The summed E-state index contributed by atoms with van der Waals surface area (Å²) in [6, 6.07) is 5.27. The highest BCUT2D eigenvalue weighted by molar-refractivity contribution is 5.59. The van der Waals surface area contributed by atoms with E-state index >= 15 is 0 Å². The van der Waals surface area contributed by atoms with Gasteiger partial charge in [0.25, 0.3) is 0 Å². The first-order valence-corrected chi connectivity index (χ1v) is 8.76. The van der Waals surface area contributed by atoms with Crippen LogP contribution in [0, 0.1) is 10.1 Å². The third-order valence-electron chi connectivity index (χ3n) is 3.79. The topological polar surface area (TPSA) is 114 Å². The van der Waals surface area contributed by atoms with Gasteiger partial charge in [0.2, 0.25) is 5.88 Å². The van der Waals surface area contributed by atoms with Crippen LogP contribution in [-0.2, 0) is 7.05 Å². The molecule has 0 spiro atoms. The number of imidazole rings is 1. The molecule has 0 aliphatic carbocycles. The Bertz CT molecular complexity index is 1040. The van der Waals surface area contributed by atoms with Gasteiger partial charge < -0.3 is 24.3 Å². The molecule has 0 aliphatic heterocycles. The van der Waals surface area contributed by atoms with Gasteiger partial charge in [-0.05, 0) is 36.1 Å². The van der Waals surface area contributed by atoms with Crippen molar-refractivity contribution in [1.82, 2.24) is 19.5 Å². The maximum absolute atomic E-state index is 12.2. The fourth-order valence-corrected chi connectivity index (χ4v) is 2.42. The van der Waals surface area contributed by atoms with Crippen molar-refractivity contribution < 1.29 is 32.3 Å².